The normalized spacial score (nSPS) is 18.6. The Labute approximate surface area is 124 Å². The Morgan fingerprint density at radius 2 is 1.67 bits per heavy atom. The van der Waals surface area contributed by atoms with E-state index in [0.717, 1.165) is 36.6 Å². The second-order valence-electron chi connectivity index (χ2n) is 5.15. The molecule has 0 spiro atoms. The summed E-state index contributed by atoms with van der Waals surface area (Å²) in [6, 6.07) is 16.8. The zero-order chi connectivity index (χ0) is 14.7. The van der Waals surface area contributed by atoms with E-state index in [-0.39, 0.29) is 11.9 Å². The molecule has 1 unspecified atom stereocenters. The zero-order valence-electron chi connectivity index (χ0n) is 11.7. The average molecular weight is 282 g/mol. The van der Waals surface area contributed by atoms with Crippen LogP contribution in [0.25, 0.3) is 0 Å². The Kier molecular flexibility index (Phi) is 3.88. The Morgan fingerprint density at radius 1 is 1.00 bits per heavy atom. The smallest absolute Gasteiger partial charge is 0.243 e. The van der Waals surface area contributed by atoms with Gasteiger partial charge in [-0.15, -0.1) is 0 Å². The summed E-state index contributed by atoms with van der Waals surface area (Å²) >= 11 is 0. The molecular weight excluding hydrogens is 264 g/mol. The standard InChI is InChI=1S/C17H18N2O2/c18-16-7-4-12-19(17(16)20)13-8-10-15(11-9-13)21-14-5-2-1-3-6-14/h1-3,5-6,8-11,16H,4,7,12,18H2. The van der Waals surface area contributed by atoms with Gasteiger partial charge in [-0.2, -0.15) is 0 Å². The van der Waals surface area contributed by atoms with Crippen molar-refractivity contribution in [2.45, 2.75) is 18.9 Å². The molecule has 21 heavy (non-hydrogen) atoms. The van der Waals surface area contributed by atoms with Crippen LogP contribution in [-0.4, -0.2) is 18.5 Å². The number of benzene rings is 2. The fourth-order valence-electron chi connectivity index (χ4n) is 2.48. The molecule has 3 rings (SSSR count). The number of piperidine rings is 1. The van der Waals surface area contributed by atoms with Crippen molar-refractivity contribution in [2.75, 3.05) is 11.4 Å². The molecule has 1 amide bonds. The van der Waals surface area contributed by atoms with E-state index >= 15 is 0 Å². The van der Waals surface area contributed by atoms with Gasteiger partial charge < -0.3 is 15.4 Å². The first kappa shape index (κ1) is 13.6. The Bertz CT molecular complexity index is 610. The lowest BCUT2D eigenvalue weighted by molar-refractivity contribution is -0.120. The summed E-state index contributed by atoms with van der Waals surface area (Å²) in [4.78, 5) is 13.8. The van der Waals surface area contributed by atoms with Crippen LogP contribution in [0.3, 0.4) is 0 Å². The third-order valence-corrected chi connectivity index (χ3v) is 3.61. The minimum absolute atomic E-state index is 0.00187. The number of anilines is 1. The number of hydrogen-bond acceptors (Lipinski definition) is 3. The number of nitrogens with two attached hydrogens (primary N) is 1. The summed E-state index contributed by atoms with van der Waals surface area (Å²) in [6.45, 7) is 0.728. The van der Waals surface area contributed by atoms with E-state index in [2.05, 4.69) is 0 Å². The van der Waals surface area contributed by atoms with Crippen molar-refractivity contribution in [2.24, 2.45) is 5.73 Å². The van der Waals surface area contributed by atoms with Gasteiger partial charge in [0.1, 0.15) is 11.5 Å². The molecule has 1 fully saturated rings. The molecule has 0 radical (unpaired) electrons. The van der Waals surface area contributed by atoms with Crippen molar-refractivity contribution in [3.63, 3.8) is 0 Å². The maximum Gasteiger partial charge on any atom is 0.243 e. The number of rotatable bonds is 3. The van der Waals surface area contributed by atoms with Crippen LogP contribution in [-0.2, 0) is 4.79 Å². The van der Waals surface area contributed by atoms with Crippen LogP contribution in [0.2, 0.25) is 0 Å². The molecule has 108 valence electrons. The average Bonchev–Trinajstić information content (AvgIpc) is 2.52. The van der Waals surface area contributed by atoms with E-state index in [0.29, 0.717) is 0 Å². The Morgan fingerprint density at radius 3 is 2.38 bits per heavy atom. The van der Waals surface area contributed by atoms with Crippen molar-refractivity contribution in [1.82, 2.24) is 0 Å². The van der Waals surface area contributed by atoms with E-state index in [1.165, 1.54) is 0 Å². The SMILES string of the molecule is NC1CCCN(c2ccc(Oc3ccccc3)cc2)C1=O. The number of ether oxygens (including phenoxy) is 1. The molecule has 4 heteroatoms. The Hall–Kier alpha value is -2.33. The lowest BCUT2D eigenvalue weighted by Crippen LogP contribution is -2.48. The lowest BCUT2D eigenvalue weighted by Gasteiger charge is -2.30. The monoisotopic (exact) mass is 282 g/mol. The topological polar surface area (TPSA) is 55.6 Å². The van der Waals surface area contributed by atoms with Crippen molar-refractivity contribution in [1.29, 1.82) is 0 Å². The van der Waals surface area contributed by atoms with Crippen LogP contribution in [0.4, 0.5) is 5.69 Å². The van der Waals surface area contributed by atoms with Gasteiger partial charge in [0.15, 0.2) is 0 Å². The number of nitrogens with zero attached hydrogens (tertiary/aromatic N) is 1. The summed E-state index contributed by atoms with van der Waals surface area (Å²) in [7, 11) is 0. The van der Waals surface area contributed by atoms with Crippen LogP contribution in [0, 0.1) is 0 Å². The Balaban J connectivity index is 1.73. The van der Waals surface area contributed by atoms with Gasteiger partial charge >= 0.3 is 0 Å². The number of para-hydroxylation sites is 1. The van der Waals surface area contributed by atoms with Crippen molar-refractivity contribution < 1.29 is 9.53 Å². The molecule has 2 N–H and O–H groups in total. The molecule has 1 saturated heterocycles. The summed E-state index contributed by atoms with van der Waals surface area (Å²) in [6.07, 6.45) is 1.71. The molecule has 1 heterocycles. The summed E-state index contributed by atoms with van der Waals surface area (Å²) in [5, 5.41) is 0. The molecular formula is C17H18N2O2. The van der Waals surface area contributed by atoms with E-state index in [1.54, 1.807) is 4.90 Å². The maximum absolute atomic E-state index is 12.1. The number of carbonyl (C=O) groups excluding carboxylic acids is 1. The van der Waals surface area contributed by atoms with Gasteiger partial charge in [0.25, 0.3) is 0 Å². The first-order valence-electron chi connectivity index (χ1n) is 7.14. The van der Waals surface area contributed by atoms with Crippen molar-refractivity contribution >= 4 is 11.6 Å². The lowest BCUT2D eigenvalue weighted by atomic mass is 10.0. The van der Waals surface area contributed by atoms with Gasteiger partial charge in [-0.05, 0) is 49.2 Å². The van der Waals surface area contributed by atoms with Gasteiger partial charge in [0.05, 0.1) is 6.04 Å². The molecule has 2 aromatic carbocycles. The van der Waals surface area contributed by atoms with E-state index in [4.69, 9.17) is 10.5 Å². The largest absolute Gasteiger partial charge is 0.457 e. The van der Waals surface area contributed by atoms with Crippen LogP contribution in [0.15, 0.2) is 54.6 Å². The number of carbonyl (C=O) groups is 1. The minimum Gasteiger partial charge on any atom is -0.457 e. The van der Waals surface area contributed by atoms with E-state index in [1.807, 2.05) is 54.6 Å². The fourth-order valence-corrected chi connectivity index (χ4v) is 2.48. The summed E-state index contributed by atoms with van der Waals surface area (Å²) in [5.41, 5.74) is 6.69. The molecule has 4 nitrogen and oxygen atoms in total. The third kappa shape index (κ3) is 3.06. The quantitative estimate of drug-likeness (QED) is 0.941. The first-order chi connectivity index (χ1) is 10.2. The fraction of sp³-hybridized carbons (Fsp3) is 0.235. The highest BCUT2D eigenvalue weighted by atomic mass is 16.5. The summed E-state index contributed by atoms with van der Waals surface area (Å²) < 4.78 is 5.74. The zero-order valence-corrected chi connectivity index (χ0v) is 11.7. The highest BCUT2D eigenvalue weighted by Gasteiger charge is 2.26. The molecule has 1 aliphatic heterocycles. The molecule has 2 aromatic rings. The minimum atomic E-state index is -0.376. The molecule has 1 aliphatic rings. The molecule has 0 aliphatic carbocycles. The second kappa shape index (κ2) is 5.97. The van der Waals surface area contributed by atoms with Gasteiger partial charge in [-0.3, -0.25) is 4.79 Å². The van der Waals surface area contributed by atoms with E-state index in [9.17, 15) is 4.79 Å². The van der Waals surface area contributed by atoms with Gasteiger partial charge in [-0.1, -0.05) is 18.2 Å². The summed E-state index contributed by atoms with van der Waals surface area (Å²) in [5.74, 6) is 1.54. The highest BCUT2D eigenvalue weighted by molar-refractivity contribution is 5.97. The highest BCUT2D eigenvalue weighted by Crippen LogP contribution is 2.26. The molecule has 0 bridgehead atoms. The number of hydrogen-bond donors (Lipinski definition) is 1. The van der Waals surface area contributed by atoms with Crippen LogP contribution >= 0.6 is 0 Å². The molecule has 0 aromatic heterocycles. The third-order valence-electron chi connectivity index (χ3n) is 3.61. The predicted octanol–water partition coefficient (Wildman–Crippen LogP) is 2.93. The van der Waals surface area contributed by atoms with Crippen LogP contribution < -0.4 is 15.4 Å². The van der Waals surface area contributed by atoms with Gasteiger partial charge in [-0.25, -0.2) is 0 Å². The van der Waals surface area contributed by atoms with E-state index < -0.39 is 0 Å². The first-order valence-corrected chi connectivity index (χ1v) is 7.14. The predicted molar refractivity (Wildman–Crippen MR) is 82.5 cm³/mol. The second-order valence-corrected chi connectivity index (χ2v) is 5.15. The van der Waals surface area contributed by atoms with Crippen LogP contribution in [0.1, 0.15) is 12.8 Å². The molecule has 1 atom stereocenters. The van der Waals surface area contributed by atoms with Gasteiger partial charge in [0, 0.05) is 12.2 Å². The van der Waals surface area contributed by atoms with Crippen molar-refractivity contribution in [3.05, 3.63) is 54.6 Å². The van der Waals surface area contributed by atoms with Gasteiger partial charge in [0.2, 0.25) is 5.91 Å². The molecule has 0 saturated carbocycles. The maximum atomic E-state index is 12.1. The van der Waals surface area contributed by atoms with Crippen molar-refractivity contribution in [3.8, 4) is 11.5 Å². The van der Waals surface area contributed by atoms with Crippen LogP contribution in [0.5, 0.6) is 11.5 Å². The number of amides is 1.